The van der Waals surface area contributed by atoms with Gasteiger partial charge in [0, 0.05) is 32.0 Å². The van der Waals surface area contributed by atoms with Crippen LogP contribution in [0.4, 0.5) is 13.2 Å². The van der Waals surface area contributed by atoms with E-state index in [-0.39, 0.29) is 17.6 Å². The Morgan fingerprint density at radius 3 is 2.39 bits per heavy atom. The Kier molecular flexibility index (Phi) is 7.66. The molecule has 1 unspecified atom stereocenters. The second-order valence-electron chi connectivity index (χ2n) is 15.3. The van der Waals surface area contributed by atoms with E-state index in [1.165, 1.54) is 97.4 Å². The molecule has 1 N–H and O–H groups in total. The largest absolute Gasteiger partial charge is 0.418 e. The Balaban J connectivity index is 1.15. The molecule has 46 heavy (non-hydrogen) atoms. The highest BCUT2D eigenvalue weighted by Crippen LogP contribution is 2.48. The molecule has 5 heterocycles. The summed E-state index contributed by atoms with van der Waals surface area (Å²) in [5, 5.41) is 0. The van der Waals surface area contributed by atoms with Crippen LogP contribution in [0.3, 0.4) is 0 Å². The number of rotatable bonds is 6. The smallest absolute Gasteiger partial charge is 0.298 e. The Morgan fingerprint density at radius 1 is 0.978 bits per heavy atom. The van der Waals surface area contributed by atoms with Gasteiger partial charge < -0.3 is 0 Å². The highest BCUT2D eigenvalue weighted by atomic mass is 19.4. The van der Waals surface area contributed by atoms with Crippen molar-refractivity contribution in [2.24, 2.45) is 11.3 Å². The molecule has 3 saturated heterocycles. The van der Waals surface area contributed by atoms with Crippen LogP contribution in [0.15, 0.2) is 47.5 Å². The molecular weight excluding hydrogens is 589 g/mol. The molecule has 2 aromatic heterocycles. The summed E-state index contributed by atoms with van der Waals surface area (Å²) in [5.74, 6) is 0.825. The topological polar surface area (TPSA) is 44.9 Å². The number of pyridine rings is 1. The second-order valence-corrected chi connectivity index (χ2v) is 15.3. The molecule has 7 nitrogen and oxygen atoms in total. The number of hydrogen-bond acceptors (Lipinski definition) is 4. The van der Waals surface area contributed by atoms with E-state index in [1.54, 1.807) is 6.20 Å². The molecule has 1 aromatic carbocycles. The average molecular weight is 638 g/mol. The van der Waals surface area contributed by atoms with Gasteiger partial charge in [-0.1, -0.05) is 31.4 Å². The summed E-state index contributed by atoms with van der Waals surface area (Å²) in [7, 11) is 2.22. The van der Waals surface area contributed by atoms with Crippen LogP contribution in [-0.2, 0) is 12.7 Å². The number of fused-ring (bicyclic) bond motifs is 1. The van der Waals surface area contributed by atoms with Crippen LogP contribution in [0.25, 0.3) is 11.2 Å². The molecule has 5 aliphatic rings. The van der Waals surface area contributed by atoms with Crippen LogP contribution in [0, 0.1) is 11.3 Å². The van der Waals surface area contributed by atoms with E-state index in [4.69, 9.17) is 0 Å². The number of alkyl halides is 3. The number of nitrogens with one attached hydrogen (secondary N) is 1. The Bertz CT molecular complexity index is 1640. The van der Waals surface area contributed by atoms with Crippen LogP contribution in [-0.4, -0.2) is 69.4 Å². The lowest BCUT2D eigenvalue weighted by Gasteiger charge is -2.48. The van der Waals surface area contributed by atoms with Crippen molar-refractivity contribution in [3.05, 3.63) is 69.9 Å². The first-order valence-corrected chi connectivity index (χ1v) is 17.6. The van der Waals surface area contributed by atoms with Crippen LogP contribution in [0.2, 0.25) is 0 Å². The van der Waals surface area contributed by atoms with Crippen LogP contribution in [0.1, 0.15) is 93.2 Å². The lowest BCUT2D eigenvalue weighted by atomic mass is 9.71. The molecule has 2 spiro atoms. The summed E-state index contributed by atoms with van der Waals surface area (Å²) in [6, 6.07) is 9.37. The zero-order valence-electron chi connectivity index (χ0n) is 27.1. The summed E-state index contributed by atoms with van der Waals surface area (Å²) < 4.78 is 47.0. The fourth-order valence-electron chi connectivity index (χ4n) is 9.90. The summed E-state index contributed by atoms with van der Waals surface area (Å²) >= 11 is 0. The number of imidazole rings is 1. The number of benzene rings is 1. The average Bonchev–Trinajstić information content (AvgIpc) is 3.63. The van der Waals surface area contributed by atoms with Gasteiger partial charge in [0.25, 0.3) is 0 Å². The first-order chi connectivity index (χ1) is 22.1. The van der Waals surface area contributed by atoms with Crippen molar-refractivity contribution in [1.29, 1.82) is 0 Å². The van der Waals surface area contributed by atoms with Crippen LogP contribution in [0.5, 0.6) is 0 Å². The van der Waals surface area contributed by atoms with Crippen LogP contribution < -0.4 is 11.1 Å². The number of aromatic nitrogens is 2. The van der Waals surface area contributed by atoms with Crippen molar-refractivity contribution in [3.8, 4) is 5.69 Å². The van der Waals surface area contributed by atoms with Gasteiger partial charge in [0.05, 0.1) is 35.8 Å². The molecule has 2 atom stereocenters. The van der Waals surface area contributed by atoms with Gasteiger partial charge in [-0.3, -0.25) is 13.9 Å². The molecule has 3 aliphatic heterocycles. The van der Waals surface area contributed by atoms with Gasteiger partial charge in [0.1, 0.15) is 6.67 Å². The first kappa shape index (κ1) is 30.7. The molecule has 0 amide bonds. The van der Waals surface area contributed by atoms with Crippen molar-refractivity contribution < 1.29 is 17.8 Å². The van der Waals surface area contributed by atoms with E-state index in [0.717, 1.165) is 37.4 Å². The number of likely N-dealkylation sites (N-methyl/N-ethyl adjacent to an activating group) is 1. The third-order valence-electron chi connectivity index (χ3n) is 12.3. The highest BCUT2D eigenvalue weighted by Gasteiger charge is 2.53. The number of halogens is 3. The number of hydrogen-bond donors (Lipinski definition) is 1. The highest BCUT2D eigenvalue weighted by molar-refractivity contribution is 5.58. The molecule has 0 bridgehead atoms. The van der Waals surface area contributed by atoms with Crippen molar-refractivity contribution in [1.82, 2.24) is 24.2 Å². The van der Waals surface area contributed by atoms with Gasteiger partial charge in [-0.2, -0.15) is 18.6 Å². The zero-order valence-corrected chi connectivity index (χ0v) is 27.1. The molecule has 0 radical (unpaired) electrons. The minimum Gasteiger partial charge on any atom is -0.298 e. The zero-order chi connectivity index (χ0) is 31.7. The Morgan fingerprint density at radius 2 is 1.72 bits per heavy atom. The van der Waals surface area contributed by atoms with E-state index in [0.29, 0.717) is 29.1 Å². The van der Waals surface area contributed by atoms with Gasteiger partial charge in [-0.15, -0.1) is 0 Å². The molecule has 5 fully saturated rings. The fraction of sp³-hybridized carbons (Fsp3) is 0.639. The standard InChI is InChI=1S/C36H48F3N6O/c1-41-25-40-45(16-6-2-3-7-17-45)33(41)32(27-10-8-11-27)28-12-9-13-29(19-28)43-22-31-30(36(37,38)39)18-26(21-44(31)34(43)46)20-42-23-35(24-42)14-4-5-15-35/h9,12-13,18-19,21-22,27,32-33,40H,2-8,10-11,14-17,20,23-25H2,1H3/q+1/t32-,33?/m1/s1. The van der Waals surface area contributed by atoms with E-state index >= 15 is 0 Å². The molecule has 2 aliphatic carbocycles. The van der Waals surface area contributed by atoms with Gasteiger partial charge in [0.15, 0.2) is 6.17 Å². The quantitative estimate of drug-likeness (QED) is 0.314. The lowest BCUT2D eigenvalue weighted by Crippen LogP contribution is -2.63. The molecule has 10 heteroatoms. The maximum Gasteiger partial charge on any atom is 0.418 e. The third-order valence-corrected chi connectivity index (χ3v) is 12.3. The maximum absolute atomic E-state index is 14.5. The van der Waals surface area contributed by atoms with Gasteiger partial charge in [-0.25, -0.2) is 14.3 Å². The monoisotopic (exact) mass is 637 g/mol. The normalized spacial score (nSPS) is 26.0. The Hall–Kier alpha value is -2.66. The van der Waals surface area contributed by atoms with Crippen molar-refractivity contribution in [2.75, 3.05) is 39.9 Å². The minimum atomic E-state index is -4.57. The lowest BCUT2D eigenvalue weighted by molar-refractivity contribution is -0.984. The van der Waals surface area contributed by atoms with Crippen molar-refractivity contribution >= 4 is 5.52 Å². The van der Waals surface area contributed by atoms with E-state index < -0.39 is 17.4 Å². The summed E-state index contributed by atoms with van der Waals surface area (Å²) in [6.07, 6.45) is 12.2. The summed E-state index contributed by atoms with van der Waals surface area (Å²) in [5.41, 5.74) is 5.32. The fourth-order valence-corrected chi connectivity index (χ4v) is 9.90. The molecule has 2 saturated carbocycles. The first-order valence-electron chi connectivity index (χ1n) is 17.6. The van der Waals surface area contributed by atoms with Gasteiger partial charge in [-0.05, 0) is 99.1 Å². The van der Waals surface area contributed by atoms with E-state index in [2.05, 4.69) is 34.4 Å². The van der Waals surface area contributed by atoms with E-state index in [9.17, 15) is 18.0 Å². The molecular formula is C36H48F3N6O+. The third kappa shape index (κ3) is 5.24. The van der Waals surface area contributed by atoms with Crippen LogP contribution >= 0.6 is 0 Å². The van der Waals surface area contributed by atoms with Crippen molar-refractivity contribution in [3.63, 3.8) is 0 Å². The molecule has 248 valence electrons. The van der Waals surface area contributed by atoms with Gasteiger partial charge in [0.2, 0.25) is 0 Å². The molecule has 3 aromatic rings. The summed E-state index contributed by atoms with van der Waals surface area (Å²) in [6.45, 7) is 5.37. The van der Waals surface area contributed by atoms with Gasteiger partial charge >= 0.3 is 11.9 Å². The second kappa shape index (κ2) is 11.5. The number of likely N-dealkylation sites (tertiary alicyclic amines) is 1. The number of quaternary nitrogens is 1. The summed E-state index contributed by atoms with van der Waals surface area (Å²) in [4.78, 5) is 18.6. The van der Waals surface area contributed by atoms with E-state index in [1.807, 2.05) is 12.1 Å². The van der Waals surface area contributed by atoms with Crippen molar-refractivity contribution in [2.45, 2.75) is 95.4 Å². The maximum atomic E-state index is 14.5. The number of nitrogens with zero attached hydrogens (tertiary/aromatic N) is 5. The Labute approximate surface area is 269 Å². The SMILES string of the molecule is CN1CN[N+]2(CCCCCC2)C1[C@@H](c1cccc(-n2cc3c(C(F)(F)F)cc(CN4CC5(CCCC5)C4)cn3c2=O)c1)C1CCC1. The predicted molar refractivity (Wildman–Crippen MR) is 172 cm³/mol. The molecule has 8 rings (SSSR count). The minimum absolute atomic E-state index is 0.0909. The predicted octanol–water partition coefficient (Wildman–Crippen LogP) is 6.49.